The second-order valence-corrected chi connectivity index (χ2v) is 21.0. The molecule has 1 saturated heterocycles. The highest BCUT2D eigenvalue weighted by atomic mass is 32.2. The molecule has 3 rings (SSSR count). The minimum atomic E-state index is -5.93. The van der Waals surface area contributed by atoms with E-state index in [1.165, 1.54) is 13.8 Å². The van der Waals surface area contributed by atoms with Crippen LogP contribution in [0, 0.1) is 5.41 Å². The van der Waals surface area contributed by atoms with Gasteiger partial charge < -0.3 is 69.0 Å². The summed E-state index contributed by atoms with van der Waals surface area (Å²) >= 11 is 1.10. The Hall–Kier alpha value is -3.74. The van der Waals surface area contributed by atoms with Crippen molar-refractivity contribution in [1.29, 1.82) is 0 Å². The number of amides is 2. The average Bonchev–Trinajstić information content (AvgIpc) is 3.84. The van der Waals surface area contributed by atoms with E-state index in [4.69, 9.17) is 10.5 Å². The lowest BCUT2D eigenvalue weighted by Crippen LogP contribution is -2.46. The minimum Gasteiger partial charge on any atom is -0.790 e. The van der Waals surface area contributed by atoms with Crippen LogP contribution < -0.4 is 35.9 Å². The van der Waals surface area contributed by atoms with Crippen LogP contribution >= 0.6 is 35.2 Å². The van der Waals surface area contributed by atoms with Gasteiger partial charge >= 0.3 is 0 Å². The number of aliphatic hydroxyl groups is 2. The van der Waals surface area contributed by atoms with Crippen molar-refractivity contribution in [2.75, 3.05) is 37.8 Å². The van der Waals surface area contributed by atoms with Crippen molar-refractivity contribution in [3.63, 3.8) is 0 Å². The van der Waals surface area contributed by atoms with E-state index in [1.54, 1.807) is 0 Å². The third kappa shape index (κ3) is 22.5. The van der Waals surface area contributed by atoms with E-state index in [1.807, 2.05) is 6.08 Å². The molecule has 2 aromatic heterocycles. The van der Waals surface area contributed by atoms with Crippen LogP contribution in [0.5, 0.6) is 0 Å². The molecule has 0 aliphatic carbocycles. The molecule has 28 heteroatoms. The molecule has 6 N–H and O–H groups in total. The summed E-state index contributed by atoms with van der Waals surface area (Å²) in [6, 6.07) is 0. The molecule has 3 heterocycles. The molecule has 2 amide bonds. The molecule has 1 aliphatic rings. The molecule has 2 aromatic rings. The number of carbonyl (C=O) groups excluding carboxylic acids is 3. The third-order valence-corrected chi connectivity index (χ3v) is 13.6. The van der Waals surface area contributed by atoms with Gasteiger partial charge in [-0.3, -0.25) is 28.1 Å². The number of unbranched alkanes of at least 4 members (excludes halogenated alkanes) is 1. The largest absolute Gasteiger partial charge is 0.790 e. The van der Waals surface area contributed by atoms with Crippen LogP contribution in [0.25, 0.3) is 11.2 Å². The fraction of sp³-hybridized carbons (Fsp3) is 0.561. The highest BCUT2D eigenvalue weighted by Crippen LogP contribution is 2.56. The zero-order valence-electron chi connectivity index (χ0n) is 38.3. The Kier molecular flexibility index (Phi) is 25.5. The third-order valence-electron chi connectivity index (χ3n) is 9.65. The zero-order valence-corrected chi connectivity index (χ0v) is 41.8. The Morgan fingerprint density at radius 2 is 1.51 bits per heavy atom. The number of nitrogens with two attached hydrogens (primary N) is 1. The molecule has 1 fully saturated rings. The van der Waals surface area contributed by atoms with Gasteiger partial charge in [-0.15, -0.1) is 0 Å². The predicted octanol–water partition coefficient (Wildman–Crippen LogP) is 2.06. The molecule has 386 valence electrons. The SMILES string of the molecule is CC/C=C\C/C=C\C/C=C\C/C=C\C/C=C\CCCC(=O)SCCNC(=O)CCNC(=O)[C@H](O)C(C)(C)COP(=O)([O-])OP(=O)([O-])OC[C@H]1O[C@@H](n2cnc3c(N)ncnc32)C(O)[C@H]1OP(=O)([O-])[O-]. The Bertz CT molecular complexity index is 2270. The minimum absolute atomic E-state index is 0.00256. The number of hydrogen-bond acceptors (Lipinski definition) is 22. The number of carbonyl (C=O) groups is 3. The van der Waals surface area contributed by atoms with Gasteiger partial charge in [0.05, 0.1) is 27.4 Å². The summed E-state index contributed by atoms with van der Waals surface area (Å²) in [5, 5.41) is 26.4. The number of hydrogen-bond donors (Lipinski definition) is 5. The number of aliphatic hydroxyl groups excluding tert-OH is 2. The Morgan fingerprint density at radius 1 is 0.899 bits per heavy atom. The summed E-state index contributed by atoms with van der Waals surface area (Å²) in [6.07, 6.45) is 20.1. The number of nitrogens with one attached hydrogen (secondary N) is 2. The van der Waals surface area contributed by atoms with Crippen LogP contribution in [0.15, 0.2) is 73.4 Å². The number of thioether (sulfide) groups is 1. The van der Waals surface area contributed by atoms with E-state index in [0.29, 0.717) is 18.6 Å². The van der Waals surface area contributed by atoms with Crippen LogP contribution in [-0.2, 0) is 50.7 Å². The number of ether oxygens (including phenoxy) is 1. The maximum atomic E-state index is 12.6. The number of nitrogen functional groups attached to an aromatic ring is 1. The number of rotatable bonds is 32. The molecule has 0 aromatic carbocycles. The summed E-state index contributed by atoms with van der Waals surface area (Å²) in [7, 11) is -17.6. The molecule has 3 unspecified atom stereocenters. The van der Waals surface area contributed by atoms with E-state index >= 15 is 0 Å². The normalized spacial score (nSPS) is 20.4. The van der Waals surface area contributed by atoms with Crippen molar-refractivity contribution >= 4 is 69.1 Å². The summed E-state index contributed by atoms with van der Waals surface area (Å²) in [4.78, 5) is 96.8. The smallest absolute Gasteiger partial charge is 0.274 e. The van der Waals surface area contributed by atoms with Crippen molar-refractivity contribution in [3.05, 3.63) is 73.4 Å². The Labute approximate surface area is 404 Å². The Morgan fingerprint density at radius 3 is 2.13 bits per heavy atom. The fourth-order valence-electron chi connectivity index (χ4n) is 6.08. The first kappa shape index (κ1) is 59.6. The van der Waals surface area contributed by atoms with Gasteiger partial charge in [-0.2, -0.15) is 0 Å². The van der Waals surface area contributed by atoms with Crippen molar-refractivity contribution < 1.29 is 80.5 Å². The number of allylic oxidation sites excluding steroid dienone is 10. The topological polar surface area (TPSA) is 375 Å². The summed E-state index contributed by atoms with van der Waals surface area (Å²) in [6.45, 7) is 2.22. The number of nitrogens with zero attached hydrogens (tertiary/aromatic N) is 4. The zero-order chi connectivity index (χ0) is 51.1. The summed E-state index contributed by atoms with van der Waals surface area (Å²) in [5.74, 6) is -1.20. The van der Waals surface area contributed by atoms with E-state index in [9.17, 15) is 57.9 Å². The van der Waals surface area contributed by atoms with E-state index in [0.717, 1.165) is 67.5 Å². The van der Waals surface area contributed by atoms with Gasteiger partial charge in [-0.1, -0.05) is 93.3 Å². The maximum absolute atomic E-state index is 12.6. The van der Waals surface area contributed by atoms with Gasteiger partial charge in [-0.05, 0) is 44.9 Å². The average molecular weight is 1050 g/mol. The van der Waals surface area contributed by atoms with E-state index < -0.39 is 84.6 Å². The first-order valence-corrected chi connectivity index (χ1v) is 27.1. The molecule has 7 atom stereocenters. The van der Waals surface area contributed by atoms with Crippen LogP contribution in [0.3, 0.4) is 0 Å². The number of phosphoric ester groups is 3. The maximum Gasteiger partial charge on any atom is 0.274 e. The predicted molar refractivity (Wildman–Crippen MR) is 247 cm³/mol. The second-order valence-electron chi connectivity index (χ2n) is 15.8. The number of aromatic nitrogens is 4. The van der Waals surface area contributed by atoms with Gasteiger partial charge in [0, 0.05) is 37.1 Å². The summed E-state index contributed by atoms with van der Waals surface area (Å²) in [5.41, 5.74) is 4.08. The molecular weight excluding hydrogens is 987 g/mol. The monoisotopic (exact) mass is 1050 g/mol. The van der Waals surface area contributed by atoms with Crippen LogP contribution in [-0.4, -0.2) is 103 Å². The first-order chi connectivity index (χ1) is 32.6. The number of anilines is 1. The fourth-order valence-corrected chi connectivity index (χ4v) is 9.53. The molecular formula is C41H60N7O17P3S-4. The quantitative estimate of drug-likeness (QED) is 0.0398. The number of phosphoric acid groups is 3. The van der Waals surface area contributed by atoms with Gasteiger partial charge in [0.1, 0.15) is 36.3 Å². The van der Waals surface area contributed by atoms with Gasteiger partial charge in [0.25, 0.3) is 15.6 Å². The molecule has 69 heavy (non-hydrogen) atoms. The first-order valence-electron chi connectivity index (χ1n) is 21.8. The molecule has 1 aliphatic heterocycles. The number of fused-ring (bicyclic) bond motifs is 1. The van der Waals surface area contributed by atoms with Crippen molar-refractivity contribution in [1.82, 2.24) is 30.2 Å². The van der Waals surface area contributed by atoms with E-state index in [-0.39, 0.29) is 41.6 Å². The lowest BCUT2D eigenvalue weighted by Gasteiger charge is -2.36. The standard InChI is InChI=1S/C41H64N7O17P3S/c1-4-5-6-7-8-9-10-11-12-13-14-15-16-17-18-19-20-21-32(50)69-25-24-43-31(49)22-23-44-39(53)36(52)41(2,3)27-62-68(59,60)65-67(57,58)61-26-30-35(64-66(54,55)56)34(51)40(63-30)48-29-47-33-37(42)45-28-46-38(33)48/h5-6,8-9,11-12,14-15,17-18,28-30,34-36,40,51-52H,4,7,10,13,16,19-27H2,1-3H3,(H,43,49)(H,44,53)(H,57,58)(H,59,60)(H2,42,45,46)(H2,54,55,56)/p-4/b6-5-,9-8-,12-11-,15-14-,18-17-/t30-,34?,35+,36+,40-/m1/s1. The summed E-state index contributed by atoms with van der Waals surface area (Å²) < 4.78 is 60.8. The van der Waals surface area contributed by atoms with Crippen molar-refractivity contribution in [2.45, 2.75) is 109 Å². The highest BCUT2D eigenvalue weighted by molar-refractivity contribution is 8.13. The van der Waals surface area contributed by atoms with Gasteiger partial charge in [0.2, 0.25) is 11.8 Å². The van der Waals surface area contributed by atoms with Crippen LogP contribution in [0.1, 0.15) is 84.8 Å². The Balaban J connectivity index is 1.31. The van der Waals surface area contributed by atoms with Crippen LogP contribution in [0.4, 0.5) is 5.82 Å². The van der Waals surface area contributed by atoms with Crippen molar-refractivity contribution in [2.24, 2.45) is 5.41 Å². The number of imidazole rings is 1. The molecule has 0 spiro atoms. The highest BCUT2D eigenvalue weighted by Gasteiger charge is 2.47. The molecule has 0 radical (unpaired) electrons. The van der Waals surface area contributed by atoms with Gasteiger partial charge in [-0.25, -0.2) is 19.3 Å². The second kappa shape index (κ2) is 29.6. The van der Waals surface area contributed by atoms with Crippen LogP contribution in [0.2, 0.25) is 0 Å². The molecule has 24 nitrogen and oxygen atoms in total. The van der Waals surface area contributed by atoms with Gasteiger partial charge in [0.15, 0.2) is 22.8 Å². The van der Waals surface area contributed by atoms with E-state index in [2.05, 4.69) is 105 Å². The molecule has 0 saturated carbocycles. The molecule has 0 bridgehead atoms. The lowest BCUT2D eigenvalue weighted by molar-refractivity contribution is -0.347. The van der Waals surface area contributed by atoms with Crippen molar-refractivity contribution in [3.8, 4) is 0 Å². The lowest BCUT2D eigenvalue weighted by atomic mass is 9.87.